The summed E-state index contributed by atoms with van der Waals surface area (Å²) < 4.78 is 1.94. The minimum absolute atomic E-state index is 0.263. The Bertz CT molecular complexity index is 435. The molecule has 0 bridgehead atoms. The second kappa shape index (κ2) is 5.43. The van der Waals surface area contributed by atoms with Gasteiger partial charge in [0.15, 0.2) is 0 Å². The van der Waals surface area contributed by atoms with Gasteiger partial charge < -0.3 is 5.11 Å². The number of aryl methyl sites for hydroxylation is 2. The molecule has 5 heteroatoms. The molecule has 102 valence electrons. The van der Waals surface area contributed by atoms with Gasteiger partial charge >= 0.3 is 0 Å². The standard InChI is InChI=1S/C13H21ClN2OS/c1-4-10-12(14)11(16(5-2)15-10)8-13(17)6-7-18-9(13)3/h9,17H,4-8H2,1-3H3. The van der Waals surface area contributed by atoms with Gasteiger partial charge in [-0.05, 0) is 25.5 Å². The van der Waals surface area contributed by atoms with E-state index >= 15 is 0 Å². The van der Waals surface area contributed by atoms with Crippen molar-refractivity contribution in [1.82, 2.24) is 9.78 Å². The molecule has 0 aromatic carbocycles. The first-order valence-electron chi connectivity index (χ1n) is 6.59. The molecule has 18 heavy (non-hydrogen) atoms. The van der Waals surface area contributed by atoms with Crippen LogP contribution in [-0.2, 0) is 19.4 Å². The minimum atomic E-state index is -0.633. The number of aromatic nitrogens is 2. The van der Waals surface area contributed by atoms with E-state index in [9.17, 15) is 5.11 Å². The predicted molar refractivity (Wildman–Crippen MR) is 77.5 cm³/mol. The summed E-state index contributed by atoms with van der Waals surface area (Å²) in [4.78, 5) is 0. The van der Waals surface area contributed by atoms with Crippen molar-refractivity contribution >= 4 is 23.4 Å². The van der Waals surface area contributed by atoms with Crippen LogP contribution in [0.25, 0.3) is 0 Å². The molecule has 1 aliphatic heterocycles. The fraction of sp³-hybridized carbons (Fsp3) is 0.769. The van der Waals surface area contributed by atoms with Crippen molar-refractivity contribution in [3.8, 4) is 0 Å². The second-order valence-electron chi connectivity index (χ2n) is 4.92. The molecule has 0 saturated carbocycles. The monoisotopic (exact) mass is 288 g/mol. The third-order valence-corrected chi connectivity index (χ3v) is 5.64. The second-order valence-corrected chi connectivity index (χ2v) is 6.75. The number of hydrogen-bond donors (Lipinski definition) is 1. The van der Waals surface area contributed by atoms with Gasteiger partial charge in [-0.1, -0.05) is 25.4 Å². The lowest BCUT2D eigenvalue weighted by Gasteiger charge is -2.27. The van der Waals surface area contributed by atoms with Crippen LogP contribution in [0.4, 0.5) is 0 Å². The Morgan fingerprint density at radius 1 is 1.56 bits per heavy atom. The van der Waals surface area contributed by atoms with Gasteiger partial charge in [0.1, 0.15) is 0 Å². The zero-order valence-corrected chi connectivity index (χ0v) is 12.8. The highest BCUT2D eigenvalue weighted by molar-refractivity contribution is 8.00. The van der Waals surface area contributed by atoms with Crippen LogP contribution < -0.4 is 0 Å². The van der Waals surface area contributed by atoms with E-state index in [2.05, 4.69) is 25.9 Å². The molecule has 0 radical (unpaired) electrons. The van der Waals surface area contributed by atoms with Crippen molar-refractivity contribution in [2.24, 2.45) is 0 Å². The molecule has 1 saturated heterocycles. The van der Waals surface area contributed by atoms with Crippen molar-refractivity contribution in [3.63, 3.8) is 0 Å². The van der Waals surface area contributed by atoms with E-state index in [1.807, 2.05) is 16.4 Å². The highest BCUT2D eigenvalue weighted by Gasteiger charge is 2.40. The van der Waals surface area contributed by atoms with E-state index in [4.69, 9.17) is 11.6 Å². The molecule has 2 heterocycles. The van der Waals surface area contributed by atoms with Crippen LogP contribution in [0, 0.1) is 0 Å². The van der Waals surface area contributed by atoms with Crippen LogP contribution in [-0.4, -0.2) is 31.5 Å². The number of thioether (sulfide) groups is 1. The predicted octanol–water partition coefficient (Wildman–Crippen LogP) is 2.92. The van der Waals surface area contributed by atoms with Gasteiger partial charge in [0.2, 0.25) is 0 Å². The molecule has 3 nitrogen and oxygen atoms in total. The number of aliphatic hydroxyl groups is 1. The third kappa shape index (κ3) is 2.43. The first-order valence-corrected chi connectivity index (χ1v) is 8.02. The average Bonchev–Trinajstić information content (AvgIpc) is 2.83. The van der Waals surface area contributed by atoms with Gasteiger partial charge in [-0.2, -0.15) is 16.9 Å². The SMILES string of the molecule is CCc1nn(CC)c(CC2(O)CCSC2C)c1Cl. The first-order chi connectivity index (χ1) is 8.51. The number of halogens is 1. The Balaban J connectivity index is 2.30. The molecule has 1 aliphatic rings. The van der Waals surface area contributed by atoms with Gasteiger partial charge in [-0.25, -0.2) is 0 Å². The molecular formula is C13H21ClN2OS. The molecule has 2 atom stereocenters. The van der Waals surface area contributed by atoms with Crippen molar-refractivity contribution in [2.45, 2.75) is 57.4 Å². The van der Waals surface area contributed by atoms with Crippen LogP contribution in [0.1, 0.15) is 38.6 Å². The van der Waals surface area contributed by atoms with E-state index in [0.29, 0.717) is 6.42 Å². The van der Waals surface area contributed by atoms with Gasteiger partial charge in [0, 0.05) is 18.2 Å². The molecule has 1 fully saturated rings. The fourth-order valence-electron chi connectivity index (χ4n) is 2.48. The minimum Gasteiger partial charge on any atom is -0.388 e. The summed E-state index contributed by atoms with van der Waals surface area (Å²) in [6.07, 6.45) is 2.29. The van der Waals surface area contributed by atoms with E-state index in [1.54, 1.807) is 0 Å². The van der Waals surface area contributed by atoms with Crippen molar-refractivity contribution in [3.05, 3.63) is 16.4 Å². The summed E-state index contributed by atoms with van der Waals surface area (Å²) in [5.74, 6) is 1.02. The summed E-state index contributed by atoms with van der Waals surface area (Å²) in [6, 6.07) is 0. The van der Waals surface area contributed by atoms with Gasteiger partial charge in [-0.15, -0.1) is 0 Å². The molecule has 0 amide bonds. The number of nitrogens with zero attached hydrogens (tertiary/aromatic N) is 2. The zero-order chi connectivity index (χ0) is 13.3. The van der Waals surface area contributed by atoms with E-state index in [1.165, 1.54) is 0 Å². The quantitative estimate of drug-likeness (QED) is 0.926. The van der Waals surface area contributed by atoms with E-state index < -0.39 is 5.60 Å². The maximum atomic E-state index is 10.7. The number of hydrogen-bond acceptors (Lipinski definition) is 3. The molecule has 1 N–H and O–H groups in total. The molecule has 1 aromatic rings. The lowest BCUT2D eigenvalue weighted by molar-refractivity contribution is 0.0444. The Kier molecular flexibility index (Phi) is 4.29. The Labute approximate surface area is 118 Å². The van der Waals surface area contributed by atoms with Crippen LogP contribution in [0.5, 0.6) is 0 Å². The van der Waals surface area contributed by atoms with Crippen molar-refractivity contribution in [1.29, 1.82) is 0 Å². The summed E-state index contributed by atoms with van der Waals surface area (Å²) >= 11 is 8.23. The molecule has 0 aliphatic carbocycles. The topological polar surface area (TPSA) is 38.0 Å². The van der Waals surface area contributed by atoms with Gasteiger partial charge in [-0.3, -0.25) is 4.68 Å². The normalized spacial score (nSPS) is 27.9. The molecule has 1 aromatic heterocycles. The molecule has 0 spiro atoms. The van der Waals surface area contributed by atoms with Crippen molar-refractivity contribution in [2.75, 3.05) is 5.75 Å². The van der Waals surface area contributed by atoms with Crippen LogP contribution in [0.15, 0.2) is 0 Å². The molecule has 2 rings (SSSR count). The lowest BCUT2D eigenvalue weighted by Crippen LogP contribution is -2.37. The highest BCUT2D eigenvalue weighted by atomic mass is 35.5. The fourth-order valence-corrected chi connectivity index (χ4v) is 4.15. The maximum Gasteiger partial charge on any atom is 0.0850 e. The van der Waals surface area contributed by atoms with Gasteiger partial charge in [0.25, 0.3) is 0 Å². The van der Waals surface area contributed by atoms with Crippen molar-refractivity contribution < 1.29 is 5.11 Å². The third-order valence-electron chi connectivity index (χ3n) is 3.83. The first kappa shape index (κ1) is 14.2. The lowest BCUT2D eigenvalue weighted by atomic mass is 9.91. The van der Waals surface area contributed by atoms with Gasteiger partial charge in [0.05, 0.1) is 22.0 Å². The zero-order valence-electron chi connectivity index (χ0n) is 11.2. The van der Waals surface area contributed by atoms with Crippen LogP contribution >= 0.6 is 23.4 Å². The van der Waals surface area contributed by atoms with Crippen LogP contribution in [0.2, 0.25) is 5.02 Å². The smallest absolute Gasteiger partial charge is 0.0850 e. The highest BCUT2D eigenvalue weighted by Crippen LogP contribution is 2.39. The summed E-state index contributed by atoms with van der Waals surface area (Å²) in [5.41, 5.74) is 1.30. The Hall–Kier alpha value is -0.190. The summed E-state index contributed by atoms with van der Waals surface area (Å²) in [6.45, 7) is 7.01. The summed E-state index contributed by atoms with van der Waals surface area (Å²) in [5, 5.41) is 16.2. The molecular weight excluding hydrogens is 268 g/mol. The summed E-state index contributed by atoms with van der Waals surface area (Å²) in [7, 11) is 0. The van der Waals surface area contributed by atoms with Crippen LogP contribution in [0.3, 0.4) is 0 Å². The molecule has 2 unspecified atom stereocenters. The number of rotatable bonds is 4. The van der Waals surface area contributed by atoms with E-state index in [-0.39, 0.29) is 5.25 Å². The maximum absolute atomic E-state index is 10.7. The largest absolute Gasteiger partial charge is 0.388 e. The Morgan fingerprint density at radius 2 is 2.28 bits per heavy atom. The van der Waals surface area contributed by atoms with E-state index in [0.717, 1.165) is 41.5 Å². The average molecular weight is 289 g/mol. The Morgan fingerprint density at radius 3 is 2.78 bits per heavy atom.